The van der Waals surface area contributed by atoms with Crippen molar-refractivity contribution in [3.8, 4) is 0 Å². The van der Waals surface area contributed by atoms with Crippen LogP contribution in [-0.4, -0.2) is 4.98 Å². The maximum atomic E-state index is 4.81. The summed E-state index contributed by atoms with van der Waals surface area (Å²) in [5.74, 6) is 0.626. The summed E-state index contributed by atoms with van der Waals surface area (Å²) >= 11 is 0. The quantitative estimate of drug-likeness (QED) is 0.260. The van der Waals surface area contributed by atoms with Gasteiger partial charge in [-0.25, -0.2) is 0 Å². The van der Waals surface area contributed by atoms with Gasteiger partial charge in [-0.05, 0) is 35.6 Å². The Morgan fingerprint density at radius 3 is 2.57 bits per heavy atom. The second-order valence-electron chi connectivity index (χ2n) is 8.38. The van der Waals surface area contributed by atoms with Gasteiger partial charge in [0.15, 0.2) is 0 Å². The first-order valence-electron chi connectivity index (χ1n) is 9.74. The smallest absolute Gasteiger partial charge is 0.0704 e. The van der Waals surface area contributed by atoms with Crippen LogP contribution in [0, 0.1) is 12.0 Å². The first-order valence-corrected chi connectivity index (χ1v) is 9.74. The summed E-state index contributed by atoms with van der Waals surface area (Å²) in [4.78, 5) is 4.81. The largest absolute Gasteiger partial charge is 0.256 e. The van der Waals surface area contributed by atoms with Crippen LogP contribution in [0.5, 0.6) is 0 Å². The topological polar surface area (TPSA) is 12.9 Å². The van der Waals surface area contributed by atoms with Gasteiger partial charge in [0.1, 0.15) is 0 Å². The van der Waals surface area contributed by atoms with Gasteiger partial charge in [-0.1, -0.05) is 63.6 Å². The van der Waals surface area contributed by atoms with E-state index >= 15 is 0 Å². The van der Waals surface area contributed by atoms with Crippen LogP contribution >= 0.6 is 0 Å². The molecule has 0 saturated heterocycles. The molecule has 0 spiro atoms. The molecule has 0 N–H and O–H groups in total. The molecule has 4 rings (SSSR count). The normalized spacial score (nSPS) is 11.8. The van der Waals surface area contributed by atoms with Crippen molar-refractivity contribution in [1.82, 2.24) is 4.98 Å². The molecule has 3 aromatic carbocycles. The minimum Gasteiger partial charge on any atom is -0.256 e. The molecule has 145 valence electrons. The third kappa shape index (κ3) is 3.77. The summed E-state index contributed by atoms with van der Waals surface area (Å²) in [6.07, 6.45) is 3.12. The molecule has 0 amide bonds. The number of benzene rings is 3. The van der Waals surface area contributed by atoms with Crippen LogP contribution in [0.15, 0.2) is 66.9 Å². The SMILES string of the molecule is CC(C)Cc1cccc2ncc(C(C)(C)c3cccc4cc[c-]cc34)cc12.[Ir]. The van der Waals surface area contributed by atoms with Gasteiger partial charge in [0, 0.05) is 37.1 Å². The average Bonchev–Trinajstić information content (AvgIpc) is 2.67. The van der Waals surface area contributed by atoms with E-state index in [1.54, 1.807) is 0 Å². The van der Waals surface area contributed by atoms with Crippen molar-refractivity contribution in [2.45, 2.75) is 39.5 Å². The summed E-state index contributed by atoms with van der Waals surface area (Å²) in [7, 11) is 0. The number of rotatable bonds is 4. The van der Waals surface area contributed by atoms with E-state index in [1.807, 2.05) is 12.3 Å². The number of hydrogen-bond donors (Lipinski definition) is 0. The third-order valence-electron chi connectivity index (χ3n) is 5.57. The summed E-state index contributed by atoms with van der Waals surface area (Å²) in [6.45, 7) is 9.13. The predicted molar refractivity (Wildman–Crippen MR) is 115 cm³/mol. The molecule has 0 aliphatic rings. The first kappa shape index (κ1) is 20.7. The predicted octanol–water partition coefficient (Wildman–Crippen LogP) is 6.71. The van der Waals surface area contributed by atoms with Crippen LogP contribution in [0.2, 0.25) is 0 Å². The van der Waals surface area contributed by atoms with E-state index in [1.165, 1.54) is 32.8 Å². The average molecular weight is 545 g/mol. The molecule has 1 radical (unpaired) electrons. The maximum Gasteiger partial charge on any atom is 0.0704 e. The summed E-state index contributed by atoms with van der Waals surface area (Å²) in [6, 6.07) is 24.9. The van der Waals surface area contributed by atoms with Crippen molar-refractivity contribution >= 4 is 21.7 Å². The first-order chi connectivity index (χ1) is 13.0. The monoisotopic (exact) mass is 545 g/mol. The molecule has 0 bridgehead atoms. The van der Waals surface area contributed by atoms with Crippen LogP contribution in [0.3, 0.4) is 0 Å². The molecular weight excluding hydrogens is 519 g/mol. The van der Waals surface area contributed by atoms with Crippen LogP contribution < -0.4 is 0 Å². The van der Waals surface area contributed by atoms with E-state index < -0.39 is 0 Å². The number of fused-ring (bicyclic) bond motifs is 2. The van der Waals surface area contributed by atoms with Gasteiger partial charge in [-0.15, -0.1) is 10.8 Å². The zero-order valence-electron chi connectivity index (χ0n) is 16.9. The molecular formula is C26H26IrN-. The third-order valence-corrected chi connectivity index (χ3v) is 5.57. The van der Waals surface area contributed by atoms with E-state index in [0.717, 1.165) is 11.9 Å². The second kappa shape index (κ2) is 8.15. The van der Waals surface area contributed by atoms with Gasteiger partial charge < -0.3 is 0 Å². The van der Waals surface area contributed by atoms with Gasteiger partial charge in [0.25, 0.3) is 0 Å². The van der Waals surface area contributed by atoms with Crippen LogP contribution in [-0.2, 0) is 31.9 Å². The number of pyridine rings is 1. The van der Waals surface area contributed by atoms with Crippen LogP contribution in [0.1, 0.15) is 44.4 Å². The van der Waals surface area contributed by atoms with E-state index in [9.17, 15) is 0 Å². The fourth-order valence-corrected chi connectivity index (χ4v) is 4.03. The molecule has 0 unspecified atom stereocenters. The zero-order chi connectivity index (χ0) is 19.0. The summed E-state index contributed by atoms with van der Waals surface area (Å²) in [5, 5.41) is 3.80. The fourth-order valence-electron chi connectivity index (χ4n) is 4.03. The Kier molecular flexibility index (Phi) is 6.03. The van der Waals surface area contributed by atoms with Gasteiger partial charge in [0.05, 0.1) is 5.52 Å². The van der Waals surface area contributed by atoms with Crippen LogP contribution in [0.25, 0.3) is 21.7 Å². The Hall–Kier alpha value is -2.02. The van der Waals surface area contributed by atoms with Crippen LogP contribution in [0.4, 0.5) is 0 Å². The number of nitrogens with zero attached hydrogens (tertiary/aromatic N) is 1. The van der Waals surface area contributed by atoms with E-state index in [-0.39, 0.29) is 25.5 Å². The molecule has 0 fully saturated rings. The van der Waals surface area contributed by atoms with E-state index in [2.05, 4.69) is 88.4 Å². The number of hydrogen-bond acceptors (Lipinski definition) is 1. The molecule has 0 atom stereocenters. The maximum absolute atomic E-state index is 4.81. The molecule has 2 heteroatoms. The Balaban J connectivity index is 0.00000225. The standard InChI is InChI=1S/C26H26N.Ir/c1-18(2)15-20-11-8-14-25-23(20)16-21(17-27-25)26(3,4)24-13-7-10-19-9-5-6-12-22(19)24;/h5,7-14,16-18H,15H2,1-4H3;/q-1;. The van der Waals surface area contributed by atoms with E-state index in [4.69, 9.17) is 4.98 Å². The van der Waals surface area contributed by atoms with E-state index in [0.29, 0.717) is 5.92 Å². The van der Waals surface area contributed by atoms with Crippen molar-refractivity contribution in [3.05, 3.63) is 89.6 Å². The summed E-state index contributed by atoms with van der Waals surface area (Å²) < 4.78 is 0. The molecule has 1 nitrogen and oxygen atoms in total. The minimum atomic E-state index is -0.138. The molecule has 0 aliphatic carbocycles. The second-order valence-corrected chi connectivity index (χ2v) is 8.38. The molecule has 0 aliphatic heterocycles. The number of aromatic nitrogens is 1. The molecule has 28 heavy (non-hydrogen) atoms. The zero-order valence-corrected chi connectivity index (χ0v) is 19.3. The van der Waals surface area contributed by atoms with Gasteiger partial charge in [-0.3, -0.25) is 4.98 Å². The summed E-state index contributed by atoms with van der Waals surface area (Å²) in [5.41, 5.74) is 4.90. The Morgan fingerprint density at radius 2 is 1.79 bits per heavy atom. The molecule has 1 heterocycles. The van der Waals surface area contributed by atoms with Crippen molar-refractivity contribution in [2.24, 2.45) is 5.92 Å². The fraction of sp³-hybridized carbons (Fsp3) is 0.269. The van der Waals surface area contributed by atoms with Gasteiger partial charge in [0.2, 0.25) is 0 Å². The Morgan fingerprint density at radius 1 is 1.00 bits per heavy atom. The van der Waals surface area contributed by atoms with Gasteiger partial charge in [-0.2, -0.15) is 24.3 Å². The van der Waals surface area contributed by atoms with Crippen molar-refractivity contribution in [1.29, 1.82) is 0 Å². The van der Waals surface area contributed by atoms with Crippen molar-refractivity contribution in [3.63, 3.8) is 0 Å². The van der Waals surface area contributed by atoms with Crippen molar-refractivity contribution < 1.29 is 20.1 Å². The molecule has 0 saturated carbocycles. The Bertz CT molecular complexity index is 1110. The molecule has 4 aromatic rings. The Labute approximate surface area is 181 Å². The van der Waals surface area contributed by atoms with Gasteiger partial charge >= 0.3 is 0 Å². The minimum absolute atomic E-state index is 0. The van der Waals surface area contributed by atoms with Crippen molar-refractivity contribution in [2.75, 3.05) is 0 Å². The molecule has 1 aromatic heterocycles.